The molecule has 4 aromatic heterocycles. The second kappa shape index (κ2) is 9.19. The van der Waals surface area contributed by atoms with Crippen LogP contribution in [0.15, 0.2) is 42.1 Å². The number of pyridine rings is 1. The van der Waals surface area contributed by atoms with Gasteiger partial charge in [-0.3, -0.25) is 19.7 Å². The number of nitriles is 1. The van der Waals surface area contributed by atoms with E-state index in [1.54, 1.807) is 12.4 Å². The highest BCUT2D eigenvalue weighted by Crippen LogP contribution is 2.37. The molecule has 1 N–H and O–H groups in total. The van der Waals surface area contributed by atoms with E-state index in [1.807, 2.05) is 10.9 Å². The van der Waals surface area contributed by atoms with Gasteiger partial charge in [0.05, 0.1) is 41.7 Å². The lowest BCUT2D eigenvalue weighted by Gasteiger charge is -2.53. The molecular weight excluding hydrogens is 511 g/mol. The molecule has 0 spiro atoms. The molecule has 0 aromatic carbocycles. The second-order valence-electron chi connectivity index (χ2n) is 9.84. The van der Waals surface area contributed by atoms with Gasteiger partial charge in [0.1, 0.15) is 16.8 Å². The smallest absolute Gasteiger partial charge is 0.246 e. The van der Waals surface area contributed by atoms with Crippen molar-refractivity contribution in [3.63, 3.8) is 0 Å². The Kier molecular flexibility index (Phi) is 5.93. The van der Waals surface area contributed by atoms with Crippen molar-refractivity contribution in [1.82, 2.24) is 44.1 Å². The molecule has 38 heavy (non-hydrogen) atoms. The van der Waals surface area contributed by atoms with Crippen LogP contribution in [0.1, 0.15) is 25.0 Å². The van der Waals surface area contributed by atoms with Crippen molar-refractivity contribution in [1.29, 1.82) is 5.26 Å². The highest BCUT2D eigenvalue weighted by molar-refractivity contribution is 7.89. The Labute approximate surface area is 218 Å². The Morgan fingerprint density at radius 2 is 2.00 bits per heavy atom. The van der Waals surface area contributed by atoms with Gasteiger partial charge in [-0.05, 0) is 25.8 Å². The number of hydrogen-bond donors (Lipinski definition) is 1. The summed E-state index contributed by atoms with van der Waals surface area (Å²) in [7, 11) is -3.94. The number of fused-ring (bicyclic) bond motifs is 1. The first-order chi connectivity index (χ1) is 18.3. The summed E-state index contributed by atoms with van der Waals surface area (Å²) < 4.78 is 43.8. The van der Waals surface area contributed by atoms with Gasteiger partial charge < -0.3 is 0 Å². The molecule has 14 heteroatoms. The van der Waals surface area contributed by atoms with E-state index in [4.69, 9.17) is 0 Å². The number of halogens is 1. The monoisotopic (exact) mass is 536 g/mol. The number of piperidine rings is 1. The molecule has 2 saturated heterocycles. The summed E-state index contributed by atoms with van der Waals surface area (Å²) in [5.74, 6) is -0.798. The number of likely N-dealkylation sites (tertiary alicyclic amines) is 1. The number of sulfonamides is 1. The highest BCUT2D eigenvalue weighted by atomic mass is 32.2. The Morgan fingerprint density at radius 3 is 2.76 bits per heavy atom. The lowest BCUT2D eigenvalue weighted by atomic mass is 9.84. The Hall–Kier alpha value is -3.80. The fourth-order valence-electron chi connectivity index (χ4n) is 5.46. The molecule has 0 bridgehead atoms. The summed E-state index contributed by atoms with van der Waals surface area (Å²) in [6.07, 6.45) is 9.65. The van der Waals surface area contributed by atoms with Gasteiger partial charge in [-0.25, -0.2) is 22.8 Å². The number of nitrogens with one attached hydrogen (secondary N) is 1. The lowest BCUT2D eigenvalue weighted by Crippen LogP contribution is -2.66. The van der Waals surface area contributed by atoms with Crippen LogP contribution in [0.25, 0.3) is 22.3 Å². The van der Waals surface area contributed by atoms with Crippen LogP contribution < -0.4 is 0 Å². The summed E-state index contributed by atoms with van der Waals surface area (Å²) in [6, 6.07) is 3.69. The van der Waals surface area contributed by atoms with E-state index in [1.165, 1.54) is 29.8 Å². The van der Waals surface area contributed by atoms with Crippen LogP contribution in [0, 0.1) is 24.1 Å². The number of aromatic nitrogens is 7. The zero-order valence-electron chi connectivity index (χ0n) is 20.6. The molecule has 12 nitrogen and oxygen atoms in total. The van der Waals surface area contributed by atoms with Crippen molar-refractivity contribution in [2.24, 2.45) is 0 Å². The van der Waals surface area contributed by atoms with E-state index >= 15 is 0 Å². The van der Waals surface area contributed by atoms with Gasteiger partial charge in [0.15, 0.2) is 11.5 Å². The third-order valence-corrected chi connectivity index (χ3v) is 9.49. The van der Waals surface area contributed by atoms with Crippen LogP contribution in [0.2, 0.25) is 0 Å². The van der Waals surface area contributed by atoms with Crippen molar-refractivity contribution in [2.75, 3.05) is 26.2 Å². The number of nitrogens with zero attached hydrogens (tertiary/aromatic N) is 9. The standard InChI is InChI=1S/C24H25FN10O2S/c1-16-21(25)20(2-7-27-16)38(36,37)34-8-3-18(4-9-34)33-13-24(14-33,5-6-26)35-12-17(10-31-35)22-19-11-30-32-23(19)29-15-28-22/h2,7,10-12,15,18H,3-5,8-9,13-14H2,1H3,(H,28,29,30,32). The first-order valence-electron chi connectivity index (χ1n) is 12.2. The third-order valence-electron chi connectivity index (χ3n) is 7.58. The molecule has 0 atom stereocenters. The van der Waals surface area contributed by atoms with Gasteiger partial charge in [-0.1, -0.05) is 0 Å². The molecule has 0 amide bonds. The van der Waals surface area contributed by atoms with Gasteiger partial charge >= 0.3 is 0 Å². The minimum absolute atomic E-state index is 0.0612. The van der Waals surface area contributed by atoms with E-state index < -0.39 is 21.4 Å². The first-order valence-corrected chi connectivity index (χ1v) is 13.7. The summed E-state index contributed by atoms with van der Waals surface area (Å²) in [6.45, 7) is 3.31. The Morgan fingerprint density at radius 1 is 1.21 bits per heavy atom. The van der Waals surface area contributed by atoms with Crippen molar-refractivity contribution < 1.29 is 12.8 Å². The Bertz CT molecular complexity index is 1650. The number of rotatable bonds is 6. The zero-order chi connectivity index (χ0) is 26.5. The minimum atomic E-state index is -3.94. The largest absolute Gasteiger partial charge is 0.295 e. The van der Waals surface area contributed by atoms with Gasteiger partial charge in [0, 0.05) is 50.2 Å². The molecule has 4 aromatic rings. The maximum atomic E-state index is 14.5. The normalized spacial score (nSPS) is 18.9. The van der Waals surface area contributed by atoms with Crippen LogP contribution in [-0.2, 0) is 15.6 Å². The van der Waals surface area contributed by atoms with Crippen molar-refractivity contribution in [2.45, 2.75) is 42.7 Å². The maximum absolute atomic E-state index is 14.5. The number of aromatic amines is 1. The highest BCUT2D eigenvalue weighted by Gasteiger charge is 2.48. The molecule has 6 heterocycles. The number of hydrogen-bond acceptors (Lipinski definition) is 9. The molecule has 2 aliphatic heterocycles. The number of H-pyrrole nitrogens is 1. The van der Waals surface area contributed by atoms with Crippen LogP contribution >= 0.6 is 0 Å². The van der Waals surface area contributed by atoms with E-state index in [-0.39, 0.29) is 16.6 Å². The summed E-state index contributed by atoms with van der Waals surface area (Å²) in [5, 5.41) is 21.8. The van der Waals surface area contributed by atoms with Crippen molar-refractivity contribution >= 4 is 21.1 Å². The van der Waals surface area contributed by atoms with E-state index in [2.05, 4.69) is 41.2 Å². The molecule has 6 rings (SSSR count). The first kappa shape index (κ1) is 24.5. The topological polar surface area (TPSA) is 150 Å². The third kappa shape index (κ3) is 3.94. The molecule has 2 fully saturated rings. The predicted molar refractivity (Wildman–Crippen MR) is 133 cm³/mol. The lowest BCUT2D eigenvalue weighted by molar-refractivity contribution is -0.0382. The van der Waals surface area contributed by atoms with Crippen molar-refractivity contribution in [3.05, 3.63) is 48.7 Å². The average Bonchev–Trinajstić information content (AvgIpc) is 3.58. The van der Waals surface area contributed by atoms with E-state index in [0.717, 1.165) is 10.9 Å². The maximum Gasteiger partial charge on any atom is 0.246 e. The van der Waals surface area contributed by atoms with Crippen LogP contribution in [0.5, 0.6) is 0 Å². The van der Waals surface area contributed by atoms with Gasteiger partial charge in [0.2, 0.25) is 10.0 Å². The van der Waals surface area contributed by atoms with Crippen LogP contribution in [0.4, 0.5) is 4.39 Å². The van der Waals surface area contributed by atoms with Gasteiger partial charge in [0.25, 0.3) is 0 Å². The molecule has 2 aliphatic rings. The fraction of sp³-hybridized carbons (Fsp3) is 0.417. The average molecular weight is 537 g/mol. The molecule has 0 unspecified atom stereocenters. The quantitative estimate of drug-likeness (QED) is 0.389. The predicted octanol–water partition coefficient (Wildman–Crippen LogP) is 1.84. The summed E-state index contributed by atoms with van der Waals surface area (Å²) >= 11 is 0. The minimum Gasteiger partial charge on any atom is -0.295 e. The summed E-state index contributed by atoms with van der Waals surface area (Å²) in [4.78, 5) is 14.4. The molecule has 0 saturated carbocycles. The van der Waals surface area contributed by atoms with Crippen LogP contribution in [-0.4, -0.2) is 84.8 Å². The number of aryl methyl sites for hydroxylation is 1. The van der Waals surface area contributed by atoms with Crippen LogP contribution in [0.3, 0.4) is 0 Å². The molecular formula is C24H25FN10O2S. The fourth-order valence-corrected chi connectivity index (χ4v) is 7.04. The molecule has 0 radical (unpaired) electrons. The Balaban J connectivity index is 1.15. The van der Waals surface area contributed by atoms with Gasteiger partial charge in [-0.15, -0.1) is 0 Å². The zero-order valence-corrected chi connectivity index (χ0v) is 21.4. The SMILES string of the molecule is Cc1nccc(S(=O)(=O)N2CCC(N3CC(CC#N)(n4cc(-c5ncnc6[nH]ncc56)cn4)C3)CC2)c1F. The van der Waals surface area contributed by atoms with E-state index in [0.29, 0.717) is 56.8 Å². The van der Waals surface area contributed by atoms with E-state index in [9.17, 15) is 18.1 Å². The molecule has 196 valence electrons. The summed E-state index contributed by atoms with van der Waals surface area (Å²) in [5.41, 5.74) is 1.75. The van der Waals surface area contributed by atoms with Crippen molar-refractivity contribution in [3.8, 4) is 17.3 Å². The molecule has 0 aliphatic carbocycles. The van der Waals surface area contributed by atoms with Gasteiger partial charge in [-0.2, -0.15) is 19.8 Å². The second-order valence-corrected chi connectivity index (χ2v) is 11.7.